The second-order valence-electron chi connectivity index (χ2n) is 6.01. The van der Waals surface area contributed by atoms with E-state index in [4.69, 9.17) is 9.47 Å². The summed E-state index contributed by atoms with van der Waals surface area (Å²) in [5.41, 5.74) is 1.88. The number of hydrogen-bond acceptors (Lipinski definition) is 4. The van der Waals surface area contributed by atoms with E-state index in [0.29, 0.717) is 29.2 Å². The van der Waals surface area contributed by atoms with Crippen LogP contribution in [0.3, 0.4) is 0 Å². The van der Waals surface area contributed by atoms with E-state index >= 15 is 0 Å². The third kappa shape index (κ3) is 2.86. The molecule has 5 heteroatoms. The number of hydrogen-bond donors (Lipinski definition) is 2. The van der Waals surface area contributed by atoms with Crippen LogP contribution in [0, 0.1) is 0 Å². The molecule has 0 radical (unpaired) electrons. The van der Waals surface area contributed by atoms with Crippen molar-refractivity contribution in [1.29, 1.82) is 0 Å². The van der Waals surface area contributed by atoms with Gasteiger partial charge in [0.1, 0.15) is 18.0 Å². The van der Waals surface area contributed by atoms with Gasteiger partial charge in [-0.1, -0.05) is 18.2 Å². The number of para-hydroxylation sites is 1. The number of ether oxygens (including phenoxy) is 2. The molecule has 0 spiro atoms. The summed E-state index contributed by atoms with van der Waals surface area (Å²) in [5, 5.41) is 10.1. The lowest BCUT2D eigenvalue weighted by Crippen LogP contribution is -3.04. The number of allylic oxidation sites excluding steroid dienone is 1. The number of aromatic hydroxyl groups is 1. The molecule has 24 heavy (non-hydrogen) atoms. The standard InChI is InChI=1S/C19H19NO4/c1-20(2)11-14-15(21)9-8-13-18(22)17(24-19(13)14)10-12-6-4-5-7-16(12)23-3/h4-10,21H,11H2,1-3H3/p+1. The zero-order chi connectivity index (χ0) is 17.3. The second-order valence-corrected chi connectivity index (χ2v) is 6.01. The molecule has 0 bridgehead atoms. The van der Waals surface area contributed by atoms with Crippen LogP contribution in [-0.4, -0.2) is 32.1 Å². The Morgan fingerprint density at radius 1 is 1.21 bits per heavy atom. The van der Waals surface area contributed by atoms with Crippen molar-refractivity contribution >= 4 is 11.9 Å². The number of rotatable bonds is 4. The summed E-state index contributed by atoms with van der Waals surface area (Å²) in [7, 11) is 5.53. The molecule has 0 saturated heterocycles. The number of fused-ring (bicyclic) bond motifs is 1. The Balaban J connectivity index is 2.03. The zero-order valence-electron chi connectivity index (χ0n) is 13.9. The predicted octanol–water partition coefficient (Wildman–Crippen LogP) is 1.66. The molecule has 0 unspecified atom stereocenters. The Labute approximate surface area is 140 Å². The number of phenolic OH excluding ortho intramolecular Hbond substituents is 1. The van der Waals surface area contributed by atoms with Gasteiger partial charge in [0.25, 0.3) is 0 Å². The van der Waals surface area contributed by atoms with E-state index in [1.165, 1.54) is 0 Å². The maximum Gasteiger partial charge on any atom is 0.231 e. The smallest absolute Gasteiger partial charge is 0.231 e. The normalized spacial score (nSPS) is 14.8. The number of quaternary nitrogens is 1. The summed E-state index contributed by atoms with van der Waals surface area (Å²) in [6.45, 7) is 0.560. The van der Waals surface area contributed by atoms with Crippen LogP contribution in [0.4, 0.5) is 0 Å². The Morgan fingerprint density at radius 3 is 2.67 bits per heavy atom. The Morgan fingerprint density at radius 2 is 1.96 bits per heavy atom. The number of methoxy groups -OCH3 is 1. The van der Waals surface area contributed by atoms with Crippen LogP contribution in [0.5, 0.6) is 17.2 Å². The SMILES string of the molecule is COc1ccccc1C=C1Oc2c(ccc(O)c2C[NH+](C)C)C1=O. The van der Waals surface area contributed by atoms with Crippen molar-refractivity contribution in [2.24, 2.45) is 0 Å². The van der Waals surface area contributed by atoms with E-state index in [-0.39, 0.29) is 17.3 Å². The minimum absolute atomic E-state index is 0.140. The van der Waals surface area contributed by atoms with Gasteiger partial charge >= 0.3 is 0 Å². The number of ketones is 1. The third-order valence-electron chi connectivity index (χ3n) is 3.87. The van der Waals surface area contributed by atoms with Crippen molar-refractivity contribution in [1.82, 2.24) is 0 Å². The summed E-state index contributed by atoms with van der Waals surface area (Å²) in [6.07, 6.45) is 1.67. The zero-order valence-corrected chi connectivity index (χ0v) is 13.9. The average Bonchev–Trinajstić information content (AvgIpc) is 2.87. The van der Waals surface area contributed by atoms with Gasteiger partial charge in [-0.05, 0) is 24.3 Å². The molecule has 1 aliphatic rings. The van der Waals surface area contributed by atoms with Gasteiger partial charge in [0, 0.05) is 5.56 Å². The maximum atomic E-state index is 12.6. The van der Waals surface area contributed by atoms with Crippen LogP contribution in [0.1, 0.15) is 21.5 Å². The summed E-state index contributed by atoms with van der Waals surface area (Å²) in [6, 6.07) is 10.6. The fraction of sp³-hybridized carbons (Fsp3) is 0.211. The summed E-state index contributed by atoms with van der Waals surface area (Å²) in [5.74, 6) is 1.29. The van der Waals surface area contributed by atoms with Crippen molar-refractivity contribution in [3.05, 3.63) is 58.8 Å². The highest BCUT2D eigenvalue weighted by molar-refractivity contribution is 6.15. The molecule has 1 heterocycles. The largest absolute Gasteiger partial charge is 0.507 e. The lowest BCUT2D eigenvalue weighted by atomic mass is 10.0. The van der Waals surface area contributed by atoms with Crippen LogP contribution >= 0.6 is 0 Å². The molecule has 2 N–H and O–H groups in total. The lowest BCUT2D eigenvalue weighted by molar-refractivity contribution is -0.872. The number of phenols is 1. The van der Waals surface area contributed by atoms with E-state index < -0.39 is 0 Å². The van der Waals surface area contributed by atoms with Gasteiger partial charge < -0.3 is 19.5 Å². The highest BCUT2D eigenvalue weighted by Crippen LogP contribution is 2.39. The van der Waals surface area contributed by atoms with Gasteiger partial charge in [-0.2, -0.15) is 0 Å². The molecule has 124 valence electrons. The van der Waals surface area contributed by atoms with Crippen LogP contribution in [0.15, 0.2) is 42.2 Å². The number of carbonyl (C=O) groups excluding carboxylic acids is 1. The molecule has 0 aromatic heterocycles. The minimum atomic E-state index is -0.189. The van der Waals surface area contributed by atoms with Gasteiger partial charge in [-0.25, -0.2) is 0 Å². The molecule has 5 nitrogen and oxygen atoms in total. The van der Waals surface area contributed by atoms with Crippen molar-refractivity contribution in [2.45, 2.75) is 6.54 Å². The molecule has 0 saturated carbocycles. The quantitative estimate of drug-likeness (QED) is 0.839. The second kappa shape index (κ2) is 6.37. The molecular formula is C19H20NO4+. The first-order valence-electron chi connectivity index (χ1n) is 7.72. The summed E-state index contributed by atoms with van der Waals surface area (Å²) < 4.78 is 11.1. The van der Waals surface area contributed by atoms with Crippen molar-refractivity contribution in [3.8, 4) is 17.2 Å². The molecule has 0 aliphatic carbocycles. The third-order valence-corrected chi connectivity index (χ3v) is 3.87. The fourth-order valence-electron chi connectivity index (χ4n) is 2.75. The van der Waals surface area contributed by atoms with Crippen LogP contribution < -0.4 is 14.4 Å². The van der Waals surface area contributed by atoms with Crippen molar-refractivity contribution in [2.75, 3.05) is 21.2 Å². The topological polar surface area (TPSA) is 60.2 Å². The van der Waals surface area contributed by atoms with Crippen LogP contribution in [0.2, 0.25) is 0 Å². The van der Waals surface area contributed by atoms with Gasteiger partial charge in [0.15, 0.2) is 11.5 Å². The molecule has 3 rings (SSSR count). The molecule has 2 aromatic carbocycles. The van der Waals surface area contributed by atoms with Gasteiger partial charge in [0.05, 0.1) is 32.3 Å². The van der Waals surface area contributed by atoms with Gasteiger partial charge in [-0.3, -0.25) is 4.79 Å². The van der Waals surface area contributed by atoms with Crippen molar-refractivity contribution in [3.63, 3.8) is 0 Å². The monoisotopic (exact) mass is 326 g/mol. The molecule has 0 amide bonds. The molecular weight excluding hydrogens is 306 g/mol. The molecule has 0 fully saturated rings. The number of benzene rings is 2. The summed E-state index contributed by atoms with van der Waals surface area (Å²) in [4.78, 5) is 13.7. The average molecular weight is 326 g/mol. The predicted molar refractivity (Wildman–Crippen MR) is 90.6 cm³/mol. The van der Waals surface area contributed by atoms with E-state index in [0.717, 1.165) is 10.5 Å². The Bertz CT molecular complexity index is 824. The fourth-order valence-corrected chi connectivity index (χ4v) is 2.75. The number of carbonyl (C=O) groups is 1. The number of nitrogens with one attached hydrogen (secondary N) is 1. The van der Waals surface area contributed by atoms with E-state index in [1.807, 2.05) is 38.4 Å². The number of Topliss-reactive ketones (excluding diaryl/α,β-unsaturated/α-hetero) is 1. The Kier molecular flexibility index (Phi) is 4.27. The van der Waals surface area contributed by atoms with Crippen molar-refractivity contribution < 1.29 is 24.3 Å². The highest BCUT2D eigenvalue weighted by Gasteiger charge is 2.32. The van der Waals surface area contributed by atoms with E-state index in [9.17, 15) is 9.90 Å². The highest BCUT2D eigenvalue weighted by atomic mass is 16.5. The molecule has 1 aliphatic heterocycles. The van der Waals surface area contributed by atoms with E-state index in [1.54, 1.807) is 25.3 Å². The first-order chi connectivity index (χ1) is 11.5. The molecule has 0 atom stereocenters. The molecule has 2 aromatic rings. The van der Waals surface area contributed by atoms with Gasteiger partial charge in [-0.15, -0.1) is 0 Å². The summed E-state index contributed by atoms with van der Waals surface area (Å²) >= 11 is 0. The lowest BCUT2D eigenvalue weighted by Gasteiger charge is -2.12. The maximum absolute atomic E-state index is 12.6. The minimum Gasteiger partial charge on any atom is -0.507 e. The van der Waals surface area contributed by atoms with Crippen LogP contribution in [0.25, 0.3) is 6.08 Å². The van der Waals surface area contributed by atoms with Crippen LogP contribution in [-0.2, 0) is 6.54 Å². The first kappa shape index (κ1) is 16.1. The Hall–Kier alpha value is -2.79. The van der Waals surface area contributed by atoms with Gasteiger partial charge in [0.2, 0.25) is 5.78 Å². The van der Waals surface area contributed by atoms with E-state index in [2.05, 4.69) is 0 Å². The first-order valence-corrected chi connectivity index (χ1v) is 7.72.